The van der Waals surface area contributed by atoms with Crippen LogP contribution >= 0.6 is 0 Å². The molecule has 0 fully saturated rings. The summed E-state index contributed by atoms with van der Waals surface area (Å²) in [7, 11) is 0. The molecule has 1 rings (SSSR count). The van der Waals surface area contributed by atoms with Crippen molar-refractivity contribution in [3.8, 4) is 0 Å². The van der Waals surface area contributed by atoms with Crippen LogP contribution in [0.3, 0.4) is 0 Å². The fraction of sp³-hybridized carbons (Fsp3) is 0.625. The molecule has 0 radical (unpaired) electrons. The Morgan fingerprint density at radius 2 is 1.71 bits per heavy atom. The van der Waals surface area contributed by atoms with Gasteiger partial charge in [-0.05, 0) is 30.5 Å². The van der Waals surface area contributed by atoms with E-state index in [2.05, 4.69) is 43.4 Å². The Bertz CT molecular complexity index is 293. The third-order valence-corrected chi connectivity index (χ3v) is 3.19. The van der Waals surface area contributed by atoms with Crippen LogP contribution in [0, 0.1) is 0 Å². The quantitative estimate of drug-likeness (QED) is 0.590. The summed E-state index contributed by atoms with van der Waals surface area (Å²) in [5, 5.41) is 3.51. The van der Waals surface area contributed by atoms with E-state index in [-0.39, 0.29) is 0 Å². The summed E-state index contributed by atoms with van der Waals surface area (Å²) in [6.07, 6.45) is 9.30. The van der Waals surface area contributed by atoms with Crippen molar-refractivity contribution in [2.24, 2.45) is 0 Å². The standard InChI is InChI=1S/C16H27N/c1-3-5-6-7-8-9-13-17-16-12-10-11-15(4-2)14-16/h10-12,14,17H,3-9,13H2,1-2H3. The minimum absolute atomic E-state index is 1.11. The first-order chi connectivity index (χ1) is 8.36. The summed E-state index contributed by atoms with van der Waals surface area (Å²) in [4.78, 5) is 0. The van der Waals surface area contributed by atoms with E-state index in [1.165, 1.54) is 49.8 Å². The van der Waals surface area contributed by atoms with Crippen LogP contribution in [0.1, 0.15) is 57.9 Å². The van der Waals surface area contributed by atoms with Gasteiger partial charge in [-0.3, -0.25) is 0 Å². The first-order valence-corrected chi connectivity index (χ1v) is 7.19. The molecule has 0 aliphatic rings. The van der Waals surface area contributed by atoms with Gasteiger partial charge in [-0.15, -0.1) is 0 Å². The van der Waals surface area contributed by atoms with Gasteiger partial charge in [-0.1, -0.05) is 58.1 Å². The molecule has 0 saturated carbocycles. The largest absolute Gasteiger partial charge is 0.385 e. The highest BCUT2D eigenvalue weighted by Crippen LogP contribution is 2.11. The Kier molecular flexibility index (Phi) is 7.53. The number of hydrogen-bond donors (Lipinski definition) is 1. The van der Waals surface area contributed by atoms with Crippen LogP contribution in [-0.4, -0.2) is 6.54 Å². The highest BCUT2D eigenvalue weighted by molar-refractivity contribution is 5.45. The summed E-state index contributed by atoms with van der Waals surface area (Å²) < 4.78 is 0. The van der Waals surface area contributed by atoms with E-state index in [0.717, 1.165) is 13.0 Å². The molecule has 0 spiro atoms. The van der Waals surface area contributed by atoms with Crippen molar-refractivity contribution in [2.45, 2.75) is 58.8 Å². The maximum absolute atomic E-state index is 3.51. The Balaban J connectivity index is 2.09. The summed E-state index contributed by atoms with van der Waals surface area (Å²) in [6, 6.07) is 8.76. The smallest absolute Gasteiger partial charge is 0.0342 e. The van der Waals surface area contributed by atoms with Crippen molar-refractivity contribution in [3.63, 3.8) is 0 Å². The molecule has 0 aromatic heterocycles. The average Bonchev–Trinajstić information content (AvgIpc) is 2.38. The number of aryl methyl sites for hydroxylation is 1. The number of benzene rings is 1. The van der Waals surface area contributed by atoms with Gasteiger partial charge in [0.2, 0.25) is 0 Å². The molecule has 0 saturated heterocycles. The van der Waals surface area contributed by atoms with Crippen LogP contribution in [0.25, 0.3) is 0 Å². The van der Waals surface area contributed by atoms with Gasteiger partial charge in [0.15, 0.2) is 0 Å². The van der Waals surface area contributed by atoms with E-state index in [9.17, 15) is 0 Å². The predicted octanol–water partition coefficient (Wildman–Crippen LogP) is 5.02. The second-order valence-corrected chi connectivity index (χ2v) is 4.75. The highest BCUT2D eigenvalue weighted by Gasteiger charge is 1.94. The minimum atomic E-state index is 1.11. The normalized spacial score (nSPS) is 10.5. The summed E-state index contributed by atoms with van der Waals surface area (Å²) in [6.45, 7) is 5.58. The molecule has 1 nitrogen and oxygen atoms in total. The van der Waals surface area contributed by atoms with Gasteiger partial charge in [-0.25, -0.2) is 0 Å². The fourth-order valence-electron chi connectivity index (χ4n) is 2.04. The lowest BCUT2D eigenvalue weighted by Gasteiger charge is -2.07. The van der Waals surface area contributed by atoms with Gasteiger partial charge in [0.05, 0.1) is 0 Å². The SMILES string of the molecule is CCCCCCCCNc1cccc(CC)c1. The van der Waals surface area contributed by atoms with Crippen LogP contribution in [0.15, 0.2) is 24.3 Å². The topological polar surface area (TPSA) is 12.0 Å². The molecule has 17 heavy (non-hydrogen) atoms. The van der Waals surface area contributed by atoms with E-state index in [1.807, 2.05) is 0 Å². The van der Waals surface area contributed by atoms with Crippen LogP contribution in [0.2, 0.25) is 0 Å². The lowest BCUT2D eigenvalue weighted by atomic mass is 10.1. The van der Waals surface area contributed by atoms with Gasteiger partial charge in [-0.2, -0.15) is 0 Å². The van der Waals surface area contributed by atoms with Gasteiger partial charge in [0.1, 0.15) is 0 Å². The van der Waals surface area contributed by atoms with E-state index >= 15 is 0 Å². The van der Waals surface area contributed by atoms with Crippen molar-refractivity contribution in [2.75, 3.05) is 11.9 Å². The molecule has 0 heterocycles. The van der Waals surface area contributed by atoms with E-state index in [1.54, 1.807) is 0 Å². The summed E-state index contributed by atoms with van der Waals surface area (Å²) in [5.74, 6) is 0. The Hall–Kier alpha value is -0.980. The predicted molar refractivity (Wildman–Crippen MR) is 77.7 cm³/mol. The number of unbranched alkanes of at least 4 members (excludes halogenated alkanes) is 5. The molecule has 1 aromatic rings. The lowest BCUT2D eigenvalue weighted by molar-refractivity contribution is 0.617. The van der Waals surface area contributed by atoms with Crippen molar-refractivity contribution >= 4 is 5.69 Å². The number of hydrogen-bond acceptors (Lipinski definition) is 1. The van der Waals surface area contributed by atoms with Gasteiger partial charge < -0.3 is 5.32 Å². The maximum Gasteiger partial charge on any atom is 0.0342 e. The van der Waals surface area contributed by atoms with Gasteiger partial charge in [0.25, 0.3) is 0 Å². The number of rotatable bonds is 9. The molecule has 0 bridgehead atoms. The van der Waals surface area contributed by atoms with Gasteiger partial charge >= 0.3 is 0 Å². The van der Waals surface area contributed by atoms with Crippen molar-refractivity contribution in [1.29, 1.82) is 0 Å². The Morgan fingerprint density at radius 3 is 2.47 bits per heavy atom. The zero-order valence-corrected chi connectivity index (χ0v) is 11.5. The second-order valence-electron chi connectivity index (χ2n) is 4.75. The Labute approximate surface area is 107 Å². The zero-order valence-electron chi connectivity index (χ0n) is 11.5. The highest BCUT2D eigenvalue weighted by atomic mass is 14.9. The van der Waals surface area contributed by atoms with Crippen molar-refractivity contribution in [3.05, 3.63) is 29.8 Å². The Morgan fingerprint density at radius 1 is 0.941 bits per heavy atom. The third kappa shape index (κ3) is 6.35. The average molecular weight is 233 g/mol. The summed E-state index contributed by atoms with van der Waals surface area (Å²) >= 11 is 0. The monoisotopic (exact) mass is 233 g/mol. The molecule has 1 heteroatoms. The molecule has 96 valence electrons. The fourth-order valence-corrected chi connectivity index (χ4v) is 2.04. The van der Waals surface area contributed by atoms with Crippen LogP contribution in [0.5, 0.6) is 0 Å². The van der Waals surface area contributed by atoms with E-state index < -0.39 is 0 Å². The molecule has 0 aliphatic carbocycles. The molecule has 0 aliphatic heterocycles. The third-order valence-electron chi connectivity index (χ3n) is 3.19. The first kappa shape index (κ1) is 14.1. The first-order valence-electron chi connectivity index (χ1n) is 7.19. The maximum atomic E-state index is 3.51. The van der Waals surface area contributed by atoms with Gasteiger partial charge in [0, 0.05) is 12.2 Å². The molecular weight excluding hydrogens is 206 g/mol. The van der Waals surface area contributed by atoms with Crippen molar-refractivity contribution < 1.29 is 0 Å². The lowest BCUT2D eigenvalue weighted by Crippen LogP contribution is -2.01. The number of anilines is 1. The molecule has 0 amide bonds. The van der Waals surface area contributed by atoms with Crippen LogP contribution in [0.4, 0.5) is 5.69 Å². The van der Waals surface area contributed by atoms with Crippen LogP contribution < -0.4 is 5.32 Å². The molecule has 0 atom stereocenters. The van der Waals surface area contributed by atoms with Crippen LogP contribution in [-0.2, 0) is 6.42 Å². The minimum Gasteiger partial charge on any atom is -0.385 e. The van der Waals surface area contributed by atoms with E-state index in [0.29, 0.717) is 0 Å². The zero-order chi connectivity index (χ0) is 12.3. The van der Waals surface area contributed by atoms with E-state index in [4.69, 9.17) is 0 Å². The summed E-state index contributed by atoms with van der Waals surface area (Å²) in [5.41, 5.74) is 2.69. The second kappa shape index (κ2) is 9.09. The molecule has 1 aromatic carbocycles. The van der Waals surface area contributed by atoms with Crippen molar-refractivity contribution in [1.82, 2.24) is 0 Å². The molecular formula is C16H27N. The molecule has 0 unspecified atom stereocenters. The molecule has 1 N–H and O–H groups in total. The number of nitrogens with one attached hydrogen (secondary N) is 1.